The number of benzene rings is 1. The quantitative estimate of drug-likeness (QED) is 0.802. The minimum Gasteiger partial charge on any atom is -0.399 e. The van der Waals surface area contributed by atoms with Crippen LogP contribution in [0.1, 0.15) is 17.5 Å². The third-order valence-corrected chi connectivity index (χ3v) is 7.96. The maximum atomic E-state index is 12.9. The first-order valence-corrected chi connectivity index (χ1v) is 9.61. The normalized spacial score (nSPS) is 15.0. The van der Waals surface area contributed by atoms with Gasteiger partial charge in [-0.2, -0.15) is 0 Å². The molecule has 0 atom stereocenters. The number of fused-ring (bicyclic) bond motifs is 1. The van der Waals surface area contributed by atoms with Gasteiger partial charge < -0.3 is 5.73 Å². The Morgan fingerprint density at radius 2 is 2.10 bits per heavy atom. The Labute approximate surface area is 136 Å². The summed E-state index contributed by atoms with van der Waals surface area (Å²) in [4.78, 5) is 0. The van der Waals surface area contributed by atoms with Gasteiger partial charge in [-0.15, -0.1) is 11.3 Å². The van der Waals surface area contributed by atoms with Crippen LogP contribution in [0.5, 0.6) is 0 Å². The molecule has 3 rings (SSSR count). The van der Waals surface area contributed by atoms with E-state index in [2.05, 4.69) is 15.9 Å². The van der Waals surface area contributed by atoms with Crippen LogP contribution in [-0.2, 0) is 16.4 Å². The topological polar surface area (TPSA) is 63.4 Å². The third kappa shape index (κ3) is 2.58. The van der Waals surface area contributed by atoms with Gasteiger partial charge in [0.1, 0.15) is 4.21 Å². The molecule has 0 aliphatic carbocycles. The van der Waals surface area contributed by atoms with Crippen LogP contribution in [0.25, 0.3) is 0 Å². The molecule has 1 aliphatic heterocycles. The molecule has 2 aromatic rings. The number of nitrogens with zero attached hydrogens (tertiary/aromatic N) is 1. The van der Waals surface area contributed by atoms with Gasteiger partial charge in [0, 0.05) is 12.2 Å². The highest BCUT2D eigenvalue weighted by Gasteiger charge is 2.30. The van der Waals surface area contributed by atoms with Crippen molar-refractivity contribution < 1.29 is 8.42 Å². The van der Waals surface area contributed by atoms with E-state index in [1.807, 2.05) is 19.1 Å². The van der Waals surface area contributed by atoms with Crippen LogP contribution in [0.4, 0.5) is 11.4 Å². The Hall–Kier alpha value is -1.05. The Bertz CT molecular complexity index is 780. The average molecular weight is 387 g/mol. The predicted octanol–water partition coefficient (Wildman–Crippen LogP) is 3.54. The van der Waals surface area contributed by atoms with E-state index in [1.54, 1.807) is 12.1 Å². The van der Waals surface area contributed by atoms with E-state index in [4.69, 9.17) is 5.73 Å². The van der Waals surface area contributed by atoms with Crippen LogP contribution in [-0.4, -0.2) is 15.0 Å². The lowest BCUT2D eigenvalue weighted by Crippen LogP contribution is -2.35. The summed E-state index contributed by atoms with van der Waals surface area (Å²) in [5.74, 6) is 0. The first-order valence-electron chi connectivity index (χ1n) is 6.56. The molecule has 2 heterocycles. The SMILES string of the molecule is Cc1cc(S(=O)(=O)N2CCCc3ccc(N)cc32)sc1Br. The van der Waals surface area contributed by atoms with Crippen molar-refractivity contribution in [3.63, 3.8) is 0 Å². The molecule has 4 nitrogen and oxygen atoms in total. The van der Waals surface area contributed by atoms with Crippen molar-refractivity contribution in [1.29, 1.82) is 0 Å². The monoisotopic (exact) mass is 386 g/mol. The summed E-state index contributed by atoms with van der Waals surface area (Å²) in [5.41, 5.74) is 9.09. The molecule has 0 saturated carbocycles. The van der Waals surface area contributed by atoms with Gasteiger partial charge in [-0.3, -0.25) is 4.31 Å². The minimum absolute atomic E-state index is 0.363. The molecule has 0 amide bonds. The molecular weight excluding hydrogens is 372 g/mol. The summed E-state index contributed by atoms with van der Waals surface area (Å²) in [7, 11) is -3.53. The van der Waals surface area contributed by atoms with Gasteiger partial charge in [-0.05, 0) is 65.0 Å². The summed E-state index contributed by atoms with van der Waals surface area (Å²) in [6.45, 7) is 2.38. The van der Waals surface area contributed by atoms with Gasteiger partial charge in [0.05, 0.1) is 9.47 Å². The number of aryl methyl sites for hydroxylation is 2. The first-order chi connectivity index (χ1) is 9.89. The first kappa shape index (κ1) is 14.9. The summed E-state index contributed by atoms with van der Waals surface area (Å²) in [5, 5.41) is 0. The Morgan fingerprint density at radius 1 is 1.33 bits per heavy atom. The van der Waals surface area contributed by atoms with E-state index in [0.717, 1.165) is 27.8 Å². The molecular formula is C14H15BrN2O2S2. The van der Waals surface area contributed by atoms with E-state index in [-0.39, 0.29) is 0 Å². The molecule has 0 radical (unpaired) electrons. The zero-order chi connectivity index (χ0) is 15.2. The lowest BCUT2D eigenvalue weighted by Gasteiger charge is -2.30. The fraction of sp³-hybridized carbons (Fsp3) is 0.286. The second-order valence-electron chi connectivity index (χ2n) is 5.09. The fourth-order valence-corrected chi connectivity index (χ4v) is 6.35. The number of anilines is 2. The number of halogens is 1. The van der Waals surface area contributed by atoms with E-state index >= 15 is 0 Å². The molecule has 0 saturated heterocycles. The van der Waals surface area contributed by atoms with Crippen molar-refractivity contribution >= 4 is 48.7 Å². The zero-order valence-corrected chi connectivity index (χ0v) is 14.7. The summed E-state index contributed by atoms with van der Waals surface area (Å²) in [6.07, 6.45) is 1.70. The summed E-state index contributed by atoms with van der Waals surface area (Å²) in [6, 6.07) is 7.20. The number of nitrogen functional groups attached to an aromatic ring is 1. The highest BCUT2D eigenvalue weighted by Crippen LogP contribution is 2.37. The van der Waals surface area contributed by atoms with Crippen LogP contribution in [0.3, 0.4) is 0 Å². The molecule has 2 N–H and O–H groups in total. The van der Waals surface area contributed by atoms with Gasteiger partial charge >= 0.3 is 0 Å². The maximum Gasteiger partial charge on any atom is 0.273 e. The molecule has 0 unspecified atom stereocenters. The number of hydrogen-bond acceptors (Lipinski definition) is 4. The summed E-state index contributed by atoms with van der Waals surface area (Å²) < 4.78 is 28.5. The minimum atomic E-state index is -3.53. The average Bonchev–Trinajstić information content (AvgIpc) is 2.78. The van der Waals surface area contributed by atoms with Gasteiger partial charge in [-0.1, -0.05) is 6.07 Å². The smallest absolute Gasteiger partial charge is 0.273 e. The predicted molar refractivity (Wildman–Crippen MR) is 90.5 cm³/mol. The molecule has 21 heavy (non-hydrogen) atoms. The Balaban J connectivity index is 2.11. The highest BCUT2D eigenvalue weighted by molar-refractivity contribution is 9.11. The number of nitrogens with two attached hydrogens (primary N) is 1. The second-order valence-corrected chi connectivity index (χ2v) is 9.55. The van der Waals surface area contributed by atoms with Crippen molar-refractivity contribution in [2.45, 2.75) is 24.0 Å². The molecule has 0 spiro atoms. The molecule has 7 heteroatoms. The van der Waals surface area contributed by atoms with E-state index in [9.17, 15) is 8.42 Å². The van der Waals surface area contributed by atoms with E-state index in [1.165, 1.54) is 15.6 Å². The van der Waals surface area contributed by atoms with Gasteiger partial charge in [0.25, 0.3) is 10.0 Å². The van der Waals surface area contributed by atoms with Crippen LogP contribution in [0, 0.1) is 6.92 Å². The molecule has 112 valence electrons. The van der Waals surface area contributed by atoms with Crippen LogP contribution in [0.2, 0.25) is 0 Å². The molecule has 0 fully saturated rings. The number of hydrogen-bond donors (Lipinski definition) is 1. The summed E-state index contributed by atoms with van der Waals surface area (Å²) >= 11 is 4.64. The van der Waals surface area contributed by atoms with Crippen molar-refractivity contribution in [1.82, 2.24) is 0 Å². The Kier molecular flexibility index (Phi) is 3.75. The second kappa shape index (κ2) is 5.30. The lowest BCUT2D eigenvalue weighted by molar-refractivity contribution is 0.588. The number of rotatable bonds is 2. The fourth-order valence-electron chi connectivity index (χ4n) is 2.48. The van der Waals surface area contributed by atoms with Crippen molar-refractivity contribution in [3.05, 3.63) is 39.2 Å². The highest BCUT2D eigenvalue weighted by atomic mass is 79.9. The number of thiophene rings is 1. The maximum absolute atomic E-state index is 12.9. The lowest BCUT2D eigenvalue weighted by atomic mass is 10.0. The van der Waals surface area contributed by atoms with Crippen molar-refractivity contribution in [3.8, 4) is 0 Å². The third-order valence-electron chi connectivity index (χ3n) is 3.56. The molecule has 1 aromatic carbocycles. The molecule has 1 aliphatic rings. The standard InChI is InChI=1S/C14H15BrN2O2S2/c1-9-7-13(20-14(9)15)21(18,19)17-6-2-3-10-4-5-11(16)8-12(10)17/h4-5,7-8H,2-3,6,16H2,1H3. The van der Waals surface area contributed by atoms with Gasteiger partial charge in [0.15, 0.2) is 0 Å². The van der Waals surface area contributed by atoms with E-state index < -0.39 is 10.0 Å². The molecule has 0 bridgehead atoms. The van der Waals surface area contributed by atoms with E-state index in [0.29, 0.717) is 22.1 Å². The number of sulfonamides is 1. The van der Waals surface area contributed by atoms with Crippen LogP contribution < -0.4 is 10.0 Å². The van der Waals surface area contributed by atoms with Crippen LogP contribution in [0.15, 0.2) is 32.3 Å². The van der Waals surface area contributed by atoms with Crippen molar-refractivity contribution in [2.24, 2.45) is 0 Å². The largest absolute Gasteiger partial charge is 0.399 e. The Morgan fingerprint density at radius 3 is 2.76 bits per heavy atom. The zero-order valence-electron chi connectivity index (χ0n) is 11.5. The van der Waals surface area contributed by atoms with Gasteiger partial charge in [-0.25, -0.2) is 8.42 Å². The van der Waals surface area contributed by atoms with Gasteiger partial charge in [0.2, 0.25) is 0 Å². The van der Waals surface area contributed by atoms with Crippen LogP contribution >= 0.6 is 27.3 Å². The van der Waals surface area contributed by atoms with Crippen molar-refractivity contribution in [2.75, 3.05) is 16.6 Å². The molecule has 1 aromatic heterocycles.